The van der Waals surface area contributed by atoms with Gasteiger partial charge in [0.1, 0.15) is 5.78 Å². The van der Waals surface area contributed by atoms with Crippen molar-refractivity contribution in [3.05, 3.63) is 35.9 Å². The van der Waals surface area contributed by atoms with Crippen molar-refractivity contribution in [2.75, 3.05) is 0 Å². The predicted octanol–water partition coefficient (Wildman–Crippen LogP) is 7.10. The fourth-order valence-corrected chi connectivity index (χ4v) is 4.39. The molecule has 28 heavy (non-hydrogen) atoms. The SMILES string of the molecule is CCCCCCCC(CCC(=O)C(C)(C)Cc1ccccc1)C(N)(CC)CC. The van der Waals surface area contributed by atoms with Gasteiger partial charge in [0.05, 0.1) is 0 Å². The van der Waals surface area contributed by atoms with Gasteiger partial charge in [0, 0.05) is 17.4 Å². The van der Waals surface area contributed by atoms with Gasteiger partial charge in [-0.05, 0) is 43.6 Å². The van der Waals surface area contributed by atoms with Crippen LogP contribution in [0.3, 0.4) is 0 Å². The lowest BCUT2D eigenvalue weighted by Gasteiger charge is -2.37. The average molecular weight is 388 g/mol. The molecule has 0 amide bonds. The lowest BCUT2D eigenvalue weighted by atomic mass is 9.73. The molecule has 1 aromatic rings. The number of ketones is 1. The van der Waals surface area contributed by atoms with Crippen molar-refractivity contribution >= 4 is 5.78 Å². The van der Waals surface area contributed by atoms with Crippen molar-refractivity contribution in [1.29, 1.82) is 0 Å². The highest BCUT2D eigenvalue weighted by atomic mass is 16.1. The van der Waals surface area contributed by atoms with Crippen molar-refractivity contribution in [3.63, 3.8) is 0 Å². The van der Waals surface area contributed by atoms with Gasteiger partial charge in [-0.1, -0.05) is 97.1 Å². The second-order valence-corrected chi connectivity index (χ2v) is 9.35. The second-order valence-electron chi connectivity index (χ2n) is 9.35. The van der Waals surface area contributed by atoms with Crippen LogP contribution in [0.4, 0.5) is 0 Å². The van der Waals surface area contributed by atoms with E-state index < -0.39 is 0 Å². The molecule has 2 nitrogen and oxygen atoms in total. The van der Waals surface area contributed by atoms with Crippen LogP contribution in [0, 0.1) is 11.3 Å². The lowest BCUT2D eigenvalue weighted by molar-refractivity contribution is -0.127. The van der Waals surface area contributed by atoms with Gasteiger partial charge in [-0.15, -0.1) is 0 Å². The summed E-state index contributed by atoms with van der Waals surface area (Å²) in [5.41, 5.74) is 7.58. The lowest BCUT2D eigenvalue weighted by Crippen LogP contribution is -2.46. The van der Waals surface area contributed by atoms with E-state index in [0.717, 1.165) is 32.1 Å². The van der Waals surface area contributed by atoms with Gasteiger partial charge in [-0.2, -0.15) is 0 Å². The molecule has 0 bridgehead atoms. The first-order valence-corrected chi connectivity index (χ1v) is 11.6. The smallest absolute Gasteiger partial charge is 0.138 e. The van der Waals surface area contributed by atoms with Crippen LogP contribution in [-0.4, -0.2) is 11.3 Å². The molecular formula is C26H45NO. The minimum atomic E-state index is -0.317. The van der Waals surface area contributed by atoms with E-state index in [1.54, 1.807) is 0 Å². The maximum Gasteiger partial charge on any atom is 0.138 e. The van der Waals surface area contributed by atoms with Crippen molar-refractivity contribution < 1.29 is 4.79 Å². The highest BCUT2D eigenvalue weighted by molar-refractivity contribution is 5.84. The van der Waals surface area contributed by atoms with Crippen LogP contribution < -0.4 is 5.73 Å². The molecule has 0 aliphatic rings. The summed E-state index contributed by atoms with van der Waals surface area (Å²) in [6, 6.07) is 10.4. The summed E-state index contributed by atoms with van der Waals surface area (Å²) in [6.45, 7) is 10.9. The Balaban J connectivity index is 2.67. The summed E-state index contributed by atoms with van der Waals surface area (Å²) in [5.74, 6) is 0.822. The van der Waals surface area contributed by atoms with E-state index in [-0.39, 0.29) is 11.0 Å². The summed E-state index contributed by atoms with van der Waals surface area (Å²) in [7, 11) is 0. The Hall–Kier alpha value is -1.15. The molecule has 0 aliphatic carbocycles. The summed E-state index contributed by atoms with van der Waals surface area (Å²) < 4.78 is 0. The summed E-state index contributed by atoms with van der Waals surface area (Å²) in [4.78, 5) is 13.1. The maximum absolute atomic E-state index is 13.1. The van der Waals surface area contributed by atoms with Gasteiger partial charge in [-0.25, -0.2) is 0 Å². The molecule has 0 saturated carbocycles. The largest absolute Gasteiger partial charge is 0.325 e. The number of hydrogen-bond donors (Lipinski definition) is 1. The van der Waals surface area contributed by atoms with Crippen molar-refractivity contribution in [1.82, 2.24) is 0 Å². The molecule has 0 aromatic heterocycles. The summed E-state index contributed by atoms with van der Waals surface area (Å²) in [5, 5.41) is 0. The van der Waals surface area contributed by atoms with Crippen LogP contribution >= 0.6 is 0 Å². The number of nitrogens with two attached hydrogens (primary N) is 1. The highest BCUT2D eigenvalue weighted by Gasteiger charge is 2.33. The molecule has 1 unspecified atom stereocenters. The van der Waals surface area contributed by atoms with Crippen molar-refractivity contribution in [2.45, 2.75) is 111 Å². The van der Waals surface area contributed by atoms with E-state index in [1.807, 2.05) is 6.07 Å². The van der Waals surface area contributed by atoms with Crippen LogP contribution in [0.5, 0.6) is 0 Å². The van der Waals surface area contributed by atoms with E-state index >= 15 is 0 Å². The van der Waals surface area contributed by atoms with E-state index in [1.165, 1.54) is 37.7 Å². The Labute approximate surface area is 174 Å². The van der Waals surface area contributed by atoms with Crippen LogP contribution in [-0.2, 0) is 11.2 Å². The van der Waals surface area contributed by atoms with Crippen LogP contribution in [0.1, 0.15) is 104 Å². The van der Waals surface area contributed by atoms with Gasteiger partial charge in [0.2, 0.25) is 0 Å². The molecule has 2 heteroatoms. The number of Topliss-reactive ketones (excluding diaryl/α,β-unsaturated/α-hetero) is 1. The van der Waals surface area contributed by atoms with E-state index in [2.05, 4.69) is 58.9 Å². The first kappa shape index (κ1) is 24.9. The molecule has 0 aliphatic heterocycles. The Kier molecular flexibility index (Phi) is 11.0. The minimum absolute atomic E-state index is 0.130. The third-order valence-corrected chi connectivity index (χ3v) is 6.75. The molecule has 1 rings (SSSR count). The zero-order chi connectivity index (χ0) is 21.0. The Bertz CT molecular complexity index is 545. The molecule has 2 N–H and O–H groups in total. The molecule has 0 heterocycles. The third kappa shape index (κ3) is 8.07. The molecule has 0 fully saturated rings. The number of hydrogen-bond acceptors (Lipinski definition) is 2. The highest BCUT2D eigenvalue weighted by Crippen LogP contribution is 2.33. The van der Waals surface area contributed by atoms with Gasteiger partial charge in [0.15, 0.2) is 0 Å². The Morgan fingerprint density at radius 2 is 1.54 bits per heavy atom. The summed E-state index contributed by atoms with van der Waals surface area (Å²) >= 11 is 0. The quantitative estimate of drug-likeness (QED) is 0.326. The standard InChI is InChI=1S/C26H45NO/c1-6-9-10-11-15-18-23(26(27,7-2)8-3)19-20-24(28)25(4,5)21-22-16-13-12-14-17-22/h12-14,16-17,23H,6-11,15,18-21,27H2,1-5H3. The number of rotatable bonds is 15. The Morgan fingerprint density at radius 1 is 0.929 bits per heavy atom. The summed E-state index contributed by atoms with van der Waals surface area (Å²) in [6.07, 6.45) is 12.0. The van der Waals surface area contributed by atoms with Gasteiger partial charge in [0.25, 0.3) is 0 Å². The van der Waals surface area contributed by atoms with Gasteiger partial charge >= 0.3 is 0 Å². The molecule has 1 aromatic carbocycles. The predicted molar refractivity (Wildman–Crippen MR) is 123 cm³/mol. The zero-order valence-electron chi connectivity index (χ0n) is 19.2. The second kappa shape index (κ2) is 12.4. The molecule has 0 radical (unpaired) electrons. The molecule has 160 valence electrons. The van der Waals surface area contributed by atoms with Gasteiger partial charge in [-0.3, -0.25) is 4.79 Å². The number of carbonyl (C=O) groups is 1. The maximum atomic E-state index is 13.1. The number of benzene rings is 1. The third-order valence-electron chi connectivity index (χ3n) is 6.75. The molecule has 1 atom stereocenters. The molecule has 0 saturated heterocycles. The first-order chi connectivity index (χ1) is 13.3. The van der Waals surface area contributed by atoms with Crippen LogP contribution in [0.25, 0.3) is 0 Å². The van der Waals surface area contributed by atoms with E-state index in [9.17, 15) is 4.79 Å². The van der Waals surface area contributed by atoms with Crippen molar-refractivity contribution in [2.24, 2.45) is 17.1 Å². The number of unbranched alkanes of at least 4 members (excludes halogenated alkanes) is 4. The molecule has 0 spiro atoms. The van der Waals surface area contributed by atoms with Crippen LogP contribution in [0.2, 0.25) is 0 Å². The van der Waals surface area contributed by atoms with Crippen molar-refractivity contribution in [3.8, 4) is 0 Å². The molecular weight excluding hydrogens is 342 g/mol. The normalized spacial score (nSPS) is 13.5. The number of carbonyl (C=O) groups excluding carboxylic acids is 1. The monoisotopic (exact) mass is 387 g/mol. The fraction of sp³-hybridized carbons (Fsp3) is 0.731. The van der Waals surface area contributed by atoms with Gasteiger partial charge < -0.3 is 5.73 Å². The zero-order valence-corrected chi connectivity index (χ0v) is 19.2. The first-order valence-electron chi connectivity index (χ1n) is 11.6. The van der Waals surface area contributed by atoms with E-state index in [0.29, 0.717) is 18.1 Å². The Morgan fingerprint density at radius 3 is 2.11 bits per heavy atom. The average Bonchev–Trinajstić information content (AvgIpc) is 2.69. The minimum Gasteiger partial charge on any atom is -0.325 e. The topological polar surface area (TPSA) is 43.1 Å². The van der Waals surface area contributed by atoms with E-state index in [4.69, 9.17) is 5.73 Å². The van der Waals surface area contributed by atoms with Crippen LogP contribution in [0.15, 0.2) is 30.3 Å². The fourth-order valence-electron chi connectivity index (χ4n) is 4.39.